The summed E-state index contributed by atoms with van der Waals surface area (Å²) in [4.78, 5) is 20.5. The Kier molecular flexibility index (Phi) is 9.15. The Morgan fingerprint density at radius 3 is 2.58 bits per heavy atom. The van der Waals surface area contributed by atoms with Crippen LogP contribution >= 0.6 is 0 Å². The number of pyridine rings is 1. The molecule has 5 aromatic rings. The van der Waals surface area contributed by atoms with Crippen molar-refractivity contribution in [2.45, 2.75) is 32.2 Å². The summed E-state index contributed by atoms with van der Waals surface area (Å²) >= 11 is 0. The highest BCUT2D eigenvalue weighted by Gasteiger charge is 2.41. The van der Waals surface area contributed by atoms with E-state index in [-0.39, 0.29) is 24.5 Å². The number of carbonyl (C=O) groups excluding carboxylic acids is 1. The molecule has 0 amide bonds. The summed E-state index contributed by atoms with van der Waals surface area (Å²) in [6.45, 7) is 3.23. The van der Waals surface area contributed by atoms with Crippen LogP contribution in [0.3, 0.4) is 0 Å². The number of ether oxygens (including phenoxy) is 2. The second-order valence-corrected chi connectivity index (χ2v) is 9.75. The first kappa shape index (κ1) is 31.2. The van der Waals surface area contributed by atoms with Crippen LogP contribution < -0.4 is 20.5 Å². The van der Waals surface area contributed by atoms with E-state index in [1.165, 1.54) is 6.07 Å². The van der Waals surface area contributed by atoms with E-state index in [2.05, 4.69) is 25.4 Å². The molecule has 0 aliphatic carbocycles. The lowest BCUT2D eigenvalue weighted by molar-refractivity contribution is -0.189. The largest absolute Gasteiger partial charge is 0.504 e. The lowest BCUT2D eigenvalue weighted by Crippen LogP contribution is -2.28. The van der Waals surface area contributed by atoms with Gasteiger partial charge in [0.15, 0.2) is 34.6 Å². The number of benzene rings is 2. The standard InChI is InChI=1S/C29H28F3N7O6/c1-2-39-25-21(15-35-22(16-7-4-3-5-8-16)23(25)36-27(39)24-26(33)38-45-37-24)43-12-6-11-34-14-19(41)17-9-10-20(18(40)13-17)44-28(42)29(30,31)32/h3-5,7-10,13,15,19,34,40-41H,2,6,11-12,14H2,1H3,(H2,33,38)/t19-/m0/s1. The van der Waals surface area contributed by atoms with Gasteiger partial charge in [0.1, 0.15) is 11.0 Å². The summed E-state index contributed by atoms with van der Waals surface area (Å²) in [7, 11) is 0. The van der Waals surface area contributed by atoms with Gasteiger partial charge >= 0.3 is 12.1 Å². The fourth-order valence-electron chi connectivity index (χ4n) is 4.59. The van der Waals surface area contributed by atoms with Crippen LogP contribution in [0.5, 0.6) is 17.2 Å². The van der Waals surface area contributed by atoms with Gasteiger partial charge in [-0.2, -0.15) is 13.2 Å². The maximum absolute atomic E-state index is 12.4. The van der Waals surface area contributed by atoms with Crippen molar-refractivity contribution in [1.82, 2.24) is 30.2 Å². The van der Waals surface area contributed by atoms with Crippen LogP contribution in [0.15, 0.2) is 59.4 Å². The number of fused-ring (bicyclic) bond motifs is 1. The van der Waals surface area contributed by atoms with Crippen molar-refractivity contribution < 1.29 is 42.3 Å². The molecule has 0 aliphatic rings. The highest BCUT2D eigenvalue weighted by Crippen LogP contribution is 2.36. The highest BCUT2D eigenvalue weighted by molar-refractivity contribution is 5.95. The monoisotopic (exact) mass is 627 g/mol. The van der Waals surface area contributed by atoms with E-state index in [0.717, 1.165) is 17.7 Å². The lowest BCUT2D eigenvalue weighted by Gasteiger charge is -2.15. The SMILES string of the molecule is CCn1c(-c2nonc2N)nc2c(-c3ccccc3)ncc(OCCCNC[C@H](O)c3ccc(OC(=O)C(F)(F)F)c(O)c3)c21. The Balaban J connectivity index is 1.23. The topological polar surface area (TPSA) is 184 Å². The second-order valence-electron chi connectivity index (χ2n) is 9.75. The number of nitrogens with two attached hydrogens (primary N) is 1. The van der Waals surface area contributed by atoms with Crippen molar-refractivity contribution in [2.75, 3.05) is 25.4 Å². The summed E-state index contributed by atoms with van der Waals surface area (Å²) < 4.78 is 54.2. The molecule has 3 aromatic heterocycles. The number of esters is 1. The van der Waals surface area contributed by atoms with E-state index in [4.69, 9.17) is 20.1 Å². The molecule has 5 N–H and O–H groups in total. The van der Waals surface area contributed by atoms with Crippen LogP contribution in [-0.2, 0) is 11.3 Å². The van der Waals surface area contributed by atoms with E-state index < -0.39 is 29.7 Å². The number of anilines is 1. The molecule has 0 fully saturated rings. The number of aryl methyl sites for hydroxylation is 1. The summed E-state index contributed by atoms with van der Waals surface area (Å²) in [5.41, 5.74) is 9.27. The number of nitrogens with one attached hydrogen (secondary N) is 1. The molecular weight excluding hydrogens is 599 g/mol. The van der Waals surface area contributed by atoms with E-state index in [9.17, 15) is 28.2 Å². The smallest absolute Gasteiger partial charge is 0.491 e. The van der Waals surface area contributed by atoms with Crippen LogP contribution in [0.2, 0.25) is 0 Å². The number of hydrogen-bond donors (Lipinski definition) is 4. The maximum atomic E-state index is 12.4. The van der Waals surface area contributed by atoms with Crippen molar-refractivity contribution in [3.8, 4) is 40.0 Å². The molecule has 0 spiro atoms. The summed E-state index contributed by atoms with van der Waals surface area (Å²) in [6.07, 6.45) is -4.16. The van der Waals surface area contributed by atoms with Gasteiger partial charge in [-0.05, 0) is 47.9 Å². The normalized spacial score (nSPS) is 12.4. The number of aromatic hydroxyl groups is 1. The van der Waals surface area contributed by atoms with Crippen molar-refractivity contribution >= 4 is 22.8 Å². The van der Waals surface area contributed by atoms with E-state index in [0.29, 0.717) is 53.5 Å². The van der Waals surface area contributed by atoms with E-state index in [1.807, 2.05) is 41.8 Å². The van der Waals surface area contributed by atoms with Gasteiger partial charge in [0.2, 0.25) is 0 Å². The Hall–Kier alpha value is -5.22. The quantitative estimate of drug-likeness (QED) is 0.0887. The number of phenolic OH excluding ortho intramolecular Hbond substituents is 1. The number of aliphatic hydroxyl groups excluding tert-OH is 1. The summed E-state index contributed by atoms with van der Waals surface area (Å²) in [5.74, 6) is -2.81. The number of nitrogen functional groups attached to an aromatic ring is 1. The van der Waals surface area contributed by atoms with Crippen molar-refractivity contribution in [3.05, 3.63) is 60.3 Å². The number of imidazole rings is 1. The molecule has 45 heavy (non-hydrogen) atoms. The van der Waals surface area contributed by atoms with Crippen LogP contribution in [0.25, 0.3) is 33.8 Å². The minimum Gasteiger partial charge on any atom is -0.504 e. The Bertz CT molecular complexity index is 1790. The maximum Gasteiger partial charge on any atom is 0.491 e. The molecular formula is C29H28F3N7O6. The van der Waals surface area contributed by atoms with Crippen LogP contribution in [-0.4, -0.2) is 66.9 Å². The second kappa shape index (κ2) is 13.2. The van der Waals surface area contributed by atoms with Gasteiger partial charge in [0.05, 0.1) is 24.6 Å². The lowest BCUT2D eigenvalue weighted by atomic mass is 10.1. The number of hydrogen-bond acceptors (Lipinski definition) is 12. The van der Waals surface area contributed by atoms with Gasteiger partial charge in [-0.15, -0.1) is 0 Å². The minimum atomic E-state index is -5.21. The van der Waals surface area contributed by atoms with Gasteiger partial charge in [0, 0.05) is 18.7 Å². The zero-order valence-electron chi connectivity index (χ0n) is 23.8. The fraction of sp³-hybridized carbons (Fsp3) is 0.276. The number of halogens is 3. The van der Waals surface area contributed by atoms with Gasteiger partial charge in [-0.3, -0.25) is 0 Å². The number of rotatable bonds is 12. The molecule has 2 aromatic carbocycles. The van der Waals surface area contributed by atoms with Crippen molar-refractivity contribution in [3.63, 3.8) is 0 Å². The predicted octanol–water partition coefficient (Wildman–Crippen LogP) is 4.02. The first-order valence-corrected chi connectivity index (χ1v) is 13.7. The molecule has 0 saturated carbocycles. The van der Waals surface area contributed by atoms with E-state index >= 15 is 0 Å². The third-order valence-corrected chi connectivity index (χ3v) is 6.72. The summed E-state index contributed by atoms with van der Waals surface area (Å²) in [6, 6.07) is 12.8. The van der Waals surface area contributed by atoms with Crippen molar-refractivity contribution in [1.29, 1.82) is 0 Å². The summed E-state index contributed by atoms with van der Waals surface area (Å²) in [5, 5.41) is 31.0. The minimum absolute atomic E-state index is 0.0673. The number of aliphatic hydroxyl groups is 1. The predicted molar refractivity (Wildman–Crippen MR) is 154 cm³/mol. The molecule has 0 radical (unpaired) electrons. The van der Waals surface area contributed by atoms with Gasteiger partial charge in [-0.25, -0.2) is 19.4 Å². The Morgan fingerprint density at radius 2 is 1.91 bits per heavy atom. The first-order valence-electron chi connectivity index (χ1n) is 13.7. The molecule has 236 valence electrons. The number of nitrogens with zero attached hydrogens (tertiary/aromatic N) is 5. The molecule has 0 aliphatic heterocycles. The van der Waals surface area contributed by atoms with Gasteiger partial charge < -0.3 is 35.3 Å². The number of phenols is 1. The number of aromatic nitrogens is 5. The molecule has 13 nitrogen and oxygen atoms in total. The van der Waals surface area contributed by atoms with E-state index in [1.54, 1.807) is 6.20 Å². The van der Waals surface area contributed by atoms with Crippen LogP contribution in [0.1, 0.15) is 25.0 Å². The van der Waals surface area contributed by atoms with Gasteiger partial charge in [0.25, 0.3) is 0 Å². The first-order chi connectivity index (χ1) is 21.6. The number of alkyl halides is 3. The zero-order chi connectivity index (χ0) is 32.1. The highest BCUT2D eigenvalue weighted by atomic mass is 19.4. The average molecular weight is 628 g/mol. The Morgan fingerprint density at radius 1 is 1.13 bits per heavy atom. The number of carbonyl (C=O) groups is 1. The molecule has 16 heteroatoms. The third kappa shape index (κ3) is 6.81. The Labute approximate surface area is 253 Å². The van der Waals surface area contributed by atoms with Crippen LogP contribution in [0, 0.1) is 0 Å². The fourth-order valence-corrected chi connectivity index (χ4v) is 4.59. The van der Waals surface area contributed by atoms with Crippen LogP contribution in [0.4, 0.5) is 19.0 Å². The molecule has 3 heterocycles. The molecule has 5 rings (SSSR count). The third-order valence-electron chi connectivity index (χ3n) is 6.72. The van der Waals surface area contributed by atoms with Crippen molar-refractivity contribution in [2.24, 2.45) is 0 Å². The molecule has 1 atom stereocenters. The molecule has 0 unspecified atom stereocenters. The zero-order valence-corrected chi connectivity index (χ0v) is 23.8. The van der Waals surface area contributed by atoms with Gasteiger partial charge in [-0.1, -0.05) is 36.4 Å². The average Bonchev–Trinajstić information content (AvgIpc) is 3.62. The molecule has 0 saturated heterocycles. The molecule has 0 bridgehead atoms.